The van der Waals surface area contributed by atoms with E-state index < -0.39 is 63.0 Å². The Kier molecular flexibility index (Phi) is 5.43. The summed E-state index contributed by atoms with van der Waals surface area (Å²) < 4.78 is 118. The second-order valence-corrected chi connectivity index (χ2v) is 5.81. The molecule has 14 heteroatoms. The van der Waals surface area contributed by atoms with Crippen molar-refractivity contribution in [3.05, 3.63) is 50.9 Å². The quantitative estimate of drug-likeness (QED) is 0.630. The van der Waals surface area contributed by atoms with Gasteiger partial charge in [0.2, 0.25) is 0 Å². The van der Waals surface area contributed by atoms with E-state index in [4.69, 9.17) is 17.3 Å². The fourth-order valence-electron chi connectivity index (χ4n) is 2.28. The third-order valence-electron chi connectivity index (χ3n) is 3.55. The molecule has 2 N–H and O–H groups in total. The molecule has 0 atom stereocenters. The molecule has 2 aromatic rings. The summed E-state index contributed by atoms with van der Waals surface area (Å²) in [5, 5.41) is -1.40. The molecule has 0 amide bonds. The highest BCUT2D eigenvalue weighted by Crippen LogP contribution is 2.44. The number of hydrogen-bond donors (Lipinski definition) is 1. The Morgan fingerprint density at radius 1 is 1.00 bits per heavy atom. The summed E-state index contributed by atoms with van der Waals surface area (Å²) in [6.07, 6.45) is -15.5. The van der Waals surface area contributed by atoms with Gasteiger partial charge in [0.05, 0.1) is 16.1 Å². The molecule has 0 radical (unpaired) electrons. The molecule has 0 bridgehead atoms. The Morgan fingerprint density at radius 3 is 1.97 bits per heavy atom. The van der Waals surface area contributed by atoms with E-state index in [9.17, 15) is 44.3 Å². The standard InChI is InChI=1S/C15H7ClF9N3O/c1-2-28-11(27-10(15(23,24)25)9(26)12(28)29)6-3-5(13(17,18)19)4-7(8(6)16)14(20,21)22/h2-4H,1,26H2. The van der Waals surface area contributed by atoms with Crippen LogP contribution in [0.4, 0.5) is 45.2 Å². The van der Waals surface area contributed by atoms with Crippen molar-refractivity contribution >= 4 is 23.5 Å². The molecule has 0 fully saturated rings. The topological polar surface area (TPSA) is 60.9 Å². The Hall–Kier alpha value is -2.70. The van der Waals surface area contributed by atoms with E-state index >= 15 is 0 Å². The van der Waals surface area contributed by atoms with E-state index in [1.54, 1.807) is 0 Å². The number of hydrogen-bond acceptors (Lipinski definition) is 3. The fourth-order valence-corrected chi connectivity index (χ4v) is 2.58. The third kappa shape index (κ3) is 4.18. The normalized spacial score (nSPS) is 12.9. The van der Waals surface area contributed by atoms with Crippen LogP contribution in [0, 0.1) is 0 Å². The fraction of sp³-hybridized carbons (Fsp3) is 0.200. The van der Waals surface area contributed by atoms with Crippen molar-refractivity contribution in [1.29, 1.82) is 0 Å². The zero-order valence-electron chi connectivity index (χ0n) is 13.6. The Labute approximate surface area is 160 Å². The summed E-state index contributed by atoms with van der Waals surface area (Å²) in [5.41, 5.74) is -5.06. The largest absolute Gasteiger partial charge is 0.435 e. The van der Waals surface area contributed by atoms with Crippen LogP contribution >= 0.6 is 11.6 Å². The highest BCUT2D eigenvalue weighted by Gasteiger charge is 2.41. The summed E-state index contributed by atoms with van der Waals surface area (Å²) in [4.78, 5) is 15.1. The minimum atomic E-state index is -5.40. The van der Waals surface area contributed by atoms with Crippen LogP contribution in [0.15, 0.2) is 23.5 Å². The molecule has 1 aromatic carbocycles. The smallest absolute Gasteiger partial charge is 0.392 e. The number of benzene rings is 1. The molecule has 0 aliphatic rings. The first kappa shape index (κ1) is 22.6. The van der Waals surface area contributed by atoms with Gasteiger partial charge in [0.15, 0.2) is 5.69 Å². The number of rotatable bonds is 2. The zero-order chi connectivity index (χ0) is 22.5. The summed E-state index contributed by atoms with van der Waals surface area (Å²) in [6, 6.07) is -0.278. The molecule has 0 unspecified atom stereocenters. The third-order valence-corrected chi connectivity index (χ3v) is 3.95. The van der Waals surface area contributed by atoms with E-state index in [0.29, 0.717) is 6.20 Å². The van der Waals surface area contributed by atoms with Crippen LogP contribution in [0.5, 0.6) is 0 Å². The first-order chi connectivity index (χ1) is 13.0. The lowest BCUT2D eigenvalue weighted by atomic mass is 10.0. The van der Waals surface area contributed by atoms with Crippen molar-refractivity contribution in [2.24, 2.45) is 0 Å². The van der Waals surface area contributed by atoms with Crippen molar-refractivity contribution in [3.8, 4) is 11.4 Å². The summed E-state index contributed by atoms with van der Waals surface area (Å²) in [7, 11) is 0. The number of alkyl halides is 9. The number of nitrogens with zero attached hydrogens (tertiary/aromatic N) is 2. The second-order valence-electron chi connectivity index (χ2n) is 5.43. The minimum Gasteiger partial charge on any atom is -0.392 e. The van der Waals surface area contributed by atoms with Gasteiger partial charge in [0.1, 0.15) is 11.5 Å². The van der Waals surface area contributed by atoms with E-state index in [1.807, 2.05) is 0 Å². The Balaban J connectivity index is 3.07. The van der Waals surface area contributed by atoms with Gasteiger partial charge in [-0.15, -0.1) is 0 Å². The zero-order valence-corrected chi connectivity index (χ0v) is 14.4. The highest BCUT2D eigenvalue weighted by atomic mass is 35.5. The molecule has 4 nitrogen and oxygen atoms in total. The van der Waals surface area contributed by atoms with Gasteiger partial charge in [-0.1, -0.05) is 18.2 Å². The van der Waals surface area contributed by atoms with Crippen LogP contribution < -0.4 is 11.3 Å². The number of aromatic nitrogens is 2. The van der Waals surface area contributed by atoms with E-state index in [0.717, 1.165) is 0 Å². The maximum absolute atomic E-state index is 13.1. The van der Waals surface area contributed by atoms with Crippen molar-refractivity contribution < 1.29 is 39.5 Å². The van der Waals surface area contributed by atoms with Crippen LogP contribution in [0.2, 0.25) is 5.02 Å². The van der Waals surface area contributed by atoms with Gasteiger partial charge in [-0.2, -0.15) is 39.5 Å². The van der Waals surface area contributed by atoms with Crippen LogP contribution in [0.25, 0.3) is 17.6 Å². The highest BCUT2D eigenvalue weighted by molar-refractivity contribution is 6.34. The van der Waals surface area contributed by atoms with Crippen molar-refractivity contribution in [2.45, 2.75) is 18.5 Å². The predicted octanol–water partition coefficient (Wildman–Crippen LogP) is 5.30. The first-order valence-corrected chi connectivity index (χ1v) is 7.48. The minimum absolute atomic E-state index is 0.0374. The van der Waals surface area contributed by atoms with Crippen molar-refractivity contribution in [2.75, 3.05) is 5.73 Å². The van der Waals surface area contributed by atoms with Gasteiger partial charge < -0.3 is 5.73 Å². The number of nitrogens with two attached hydrogens (primary N) is 1. The maximum Gasteiger partial charge on any atom is 0.435 e. The van der Waals surface area contributed by atoms with E-state index in [-0.39, 0.29) is 16.7 Å². The first-order valence-electron chi connectivity index (χ1n) is 7.10. The lowest BCUT2D eigenvalue weighted by molar-refractivity contribution is -0.143. The van der Waals surface area contributed by atoms with Gasteiger partial charge in [-0.25, -0.2) is 4.98 Å². The lowest BCUT2D eigenvalue weighted by Gasteiger charge is -2.19. The molecular formula is C15H7ClF9N3O. The van der Waals surface area contributed by atoms with Gasteiger partial charge in [0.25, 0.3) is 5.56 Å². The molecule has 158 valence electrons. The summed E-state index contributed by atoms with van der Waals surface area (Å²) in [5.74, 6) is -1.26. The average Bonchev–Trinajstić information content (AvgIpc) is 2.54. The SMILES string of the molecule is C=Cn1c(-c2cc(C(F)(F)F)cc(C(F)(F)F)c2Cl)nc(C(F)(F)F)c(N)c1=O. The number of nitrogen functional groups attached to an aromatic ring is 1. The van der Waals surface area contributed by atoms with Crippen molar-refractivity contribution in [3.63, 3.8) is 0 Å². The molecular weight excluding hydrogens is 445 g/mol. The van der Waals surface area contributed by atoms with Gasteiger partial charge >= 0.3 is 18.5 Å². The van der Waals surface area contributed by atoms with Crippen LogP contribution in [0.1, 0.15) is 16.8 Å². The maximum atomic E-state index is 13.1. The molecule has 0 aliphatic carbocycles. The van der Waals surface area contributed by atoms with E-state index in [2.05, 4.69) is 11.6 Å². The Bertz CT molecular complexity index is 1040. The molecule has 1 aromatic heterocycles. The Morgan fingerprint density at radius 2 is 1.55 bits per heavy atom. The monoisotopic (exact) mass is 451 g/mol. The molecule has 0 aliphatic heterocycles. The molecule has 0 saturated carbocycles. The molecule has 29 heavy (non-hydrogen) atoms. The van der Waals surface area contributed by atoms with E-state index in [1.165, 1.54) is 0 Å². The van der Waals surface area contributed by atoms with Crippen LogP contribution in [0.3, 0.4) is 0 Å². The van der Waals surface area contributed by atoms with Gasteiger partial charge in [0, 0.05) is 11.8 Å². The van der Waals surface area contributed by atoms with Gasteiger partial charge in [-0.3, -0.25) is 9.36 Å². The molecule has 1 heterocycles. The van der Waals surface area contributed by atoms with Gasteiger partial charge in [-0.05, 0) is 12.1 Å². The number of halogens is 10. The summed E-state index contributed by atoms with van der Waals surface area (Å²) >= 11 is 5.55. The summed E-state index contributed by atoms with van der Waals surface area (Å²) in [6.45, 7) is 3.08. The van der Waals surface area contributed by atoms with Crippen LogP contribution in [-0.4, -0.2) is 9.55 Å². The van der Waals surface area contributed by atoms with Crippen LogP contribution in [-0.2, 0) is 18.5 Å². The second kappa shape index (κ2) is 6.97. The average molecular weight is 452 g/mol. The lowest BCUT2D eigenvalue weighted by Crippen LogP contribution is -2.28. The predicted molar refractivity (Wildman–Crippen MR) is 84.7 cm³/mol. The number of anilines is 1. The molecule has 0 spiro atoms. The molecule has 2 rings (SSSR count). The van der Waals surface area contributed by atoms with Crippen molar-refractivity contribution in [1.82, 2.24) is 9.55 Å². The molecule has 0 saturated heterocycles.